The van der Waals surface area contributed by atoms with Gasteiger partial charge in [-0.1, -0.05) is 34.6 Å². The normalized spacial score (nSPS) is 16.2. The maximum atomic E-state index is 12.8. The minimum atomic E-state index is -0.136. The number of nitrogens with two attached hydrogens (primary N) is 1. The number of oxazole rings is 1. The van der Waals surface area contributed by atoms with Crippen LogP contribution in [0.25, 0.3) is 0 Å². The summed E-state index contributed by atoms with van der Waals surface area (Å²) in [6.07, 6.45) is 0.687. The molecule has 2 N–H and O–H groups in total. The van der Waals surface area contributed by atoms with Gasteiger partial charge in [0, 0.05) is 23.8 Å². The molecule has 0 bridgehead atoms. The molecule has 0 fully saturated rings. The summed E-state index contributed by atoms with van der Waals surface area (Å²) in [4.78, 5) is 23.7. The first-order valence-electron chi connectivity index (χ1n) is 8.66. The topological polar surface area (TPSA) is 85.2 Å². The lowest BCUT2D eigenvalue weighted by molar-refractivity contribution is 0.0722. The van der Waals surface area contributed by atoms with E-state index in [0.717, 1.165) is 22.4 Å². The van der Waals surface area contributed by atoms with Crippen LogP contribution in [0.2, 0.25) is 0 Å². The summed E-state index contributed by atoms with van der Waals surface area (Å²) in [5.41, 5.74) is 7.33. The van der Waals surface area contributed by atoms with E-state index in [2.05, 4.69) is 44.6 Å². The summed E-state index contributed by atoms with van der Waals surface area (Å²) in [5.74, 6) is 1.85. The van der Waals surface area contributed by atoms with Crippen LogP contribution in [-0.2, 0) is 18.4 Å². The van der Waals surface area contributed by atoms with E-state index >= 15 is 0 Å². The fourth-order valence-electron chi connectivity index (χ4n) is 2.68. The van der Waals surface area contributed by atoms with E-state index in [1.54, 1.807) is 10.3 Å². The number of nitrogens with zero attached hydrogens (tertiary/aromatic N) is 3. The second-order valence-electron chi connectivity index (χ2n) is 7.96. The average molecular weight is 362 g/mol. The van der Waals surface area contributed by atoms with Gasteiger partial charge in [0.25, 0.3) is 5.91 Å². The summed E-state index contributed by atoms with van der Waals surface area (Å²) >= 11 is 1.45. The van der Waals surface area contributed by atoms with Gasteiger partial charge >= 0.3 is 0 Å². The van der Waals surface area contributed by atoms with E-state index in [-0.39, 0.29) is 23.3 Å². The smallest absolute Gasteiger partial charge is 0.273 e. The predicted octanol–water partition coefficient (Wildman–Crippen LogP) is 3.28. The molecule has 0 aliphatic carbocycles. The van der Waals surface area contributed by atoms with Crippen molar-refractivity contribution in [3.05, 3.63) is 33.4 Å². The molecule has 136 valence electrons. The van der Waals surface area contributed by atoms with E-state index < -0.39 is 0 Å². The van der Waals surface area contributed by atoms with Crippen LogP contribution >= 0.6 is 11.3 Å². The molecule has 3 heterocycles. The third-order valence-electron chi connectivity index (χ3n) is 4.40. The number of thiazole rings is 1. The van der Waals surface area contributed by atoms with Gasteiger partial charge in [0.15, 0.2) is 5.89 Å². The van der Waals surface area contributed by atoms with E-state index in [4.69, 9.17) is 10.2 Å². The molecule has 0 saturated carbocycles. The largest absolute Gasteiger partial charge is 0.445 e. The molecule has 0 saturated heterocycles. The predicted molar refractivity (Wildman–Crippen MR) is 97.5 cm³/mol. The molecule has 7 heteroatoms. The molecule has 0 unspecified atom stereocenters. The lowest BCUT2D eigenvalue weighted by Gasteiger charge is -2.24. The highest BCUT2D eigenvalue weighted by Crippen LogP contribution is 2.28. The summed E-state index contributed by atoms with van der Waals surface area (Å²) in [5, 5.41) is 2.62. The van der Waals surface area contributed by atoms with Crippen molar-refractivity contribution in [1.29, 1.82) is 0 Å². The van der Waals surface area contributed by atoms with Gasteiger partial charge in [-0.15, -0.1) is 11.3 Å². The highest BCUT2D eigenvalue weighted by molar-refractivity contribution is 7.09. The Labute approximate surface area is 152 Å². The van der Waals surface area contributed by atoms with Crippen LogP contribution in [0.3, 0.4) is 0 Å². The number of hydrogen-bond donors (Lipinski definition) is 1. The number of fused-ring (bicyclic) bond motifs is 1. The maximum Gasteiger partial charge on any atom is 0.273 e. The lowest BCUT2D eigenvalue weighted by atomic mass is 9.97. The zero-order chi connectivity index (χ0) is 18.4. The van der Waals surface area contributed by atoms with Gasteiger partial charge in [0.05, 0.1) is 12.6 Å². The molecule has 2 aromatic rings. The van der Waals surface area contributed by atoms with Crippen molar-refractivity contribution in [2.24, 2.45) is 11.7 Å². The van der Waals surface area contributed by atoms with Crippen LogP contribution in [0.5, 0.6) is 0 Å². The van der Waals surface area contributed by atoms with Crippen molar-refractivity contribution in [2.75, 3.05) is 6.54 Å². The van der Waals surface area contributed by atoms with Gasteiger partial charge in [0.2, 0.25) is 0 Å². The van der Waals surface area contributed by atoms with Crippen molar-refractivity contribution < 1.29 is 9.21 Å². The Hall–Kier alpha value is -1.73. The molecule has 1 amide bonds. The van der Waals surface area contributed by atoms with Crippen molar-refractivity contribution in [1.82, 2.24) is 14.9 Å². The van der Waals surface area contributed by atoms with E-state index in [0.29, 0.717) is 25.2 Å². The third-order valence-corrected chi connectivity index (χ3v) is 5.35. The number of carbonyl (C=O) groups is 1. The Kier molecular flexibility index (Phi) is 4.72. The Morgan fingerprint density at radius 2 is 2.08 bits per heavy atom. The minimum Gasteiger partial charge on any atom is -0.445 e. The molecule has 0 spiro atoms. The molecule has 2 aromatic heterocycles. The van der Waals surface area contributed by atoms with Gasteiger partial charge in [-0.3, -0.25) is 4.79 Å². The molecule has 0 radical (unpaired) electrons. The second-order valence-corrected chi connectivity index (χ2v) is 8.85. The lowest BCUT2D eigenvalue weighted by Crippen LogP contribution is -2.36. The highest BCUT2D eigenvalue weighted by atomic mass is 32.1. The first kappa shape index (κ1) is 18.1. The van der Waals surface area contributed by atoms with Gasteiger partial charge in [-0.05, 0) is 5.92 Å². The number of carbonyl (C=O) groups excluding carboxylic acids is 1. The van der Waals surface area contributed by atoms with Crippen molar-refractivity contribution in [3.8, 4) is 0 Å². The van der Waals surface area contributed by atoms with Crippen LogP contribution in [-0.4, -0.2) is 27.3 Å². The van der Waals surface area contributed by atoms with Crippen LogP contribution in [0.15, 0.2) is 9.80 Å². The molecular weight excluding hydrogens is 336 g/mol. The van der Waals surface area contributed by atoms with Crippen LogP contribution in [0.1, 0.15) is 73.5 Å². The summed E-state index contributed by atoms with van der Waals surface area (Å²) in [7, 11) is 0. The van der Waals surface area contributed by atoms with E-state index in [9.17, 15) is 4.79 Å². The Morgan fingerprint density at radius 1 is 1.36 bits per heavy atom. The zero-order valence-electron chi connectivity index (χ0n) is 15.5. The molecular formula is C18H26N4O2S. The Bertz CT molecular complexity index is 772. The molecule has 25 heavy (non-hydrogen) atoms. The first-order valence-corrected chi connectivity index (χ1v) is 9.54. The molecule has 6 nitrogen and oxygen atoms in total. The van der Waals surface area contributed by atoms with Gasteiger partial charge in [-0.2, -0.15) is 0 Å². The maximum absolute atomic E-state index is 12.8. The van der Waals surface area contributed by atoms with Gasteiger partial charge < -0.3 is 15.1 Å². The average Bonchev–Trinajstić information content (AvgIpc) is 3.19. The van der Waals surface area contributed by atoms with E-state index in [1.165, 1.54) is 11.3 Å². The Morgan fingerprint density at radius 3 is 2.72 bits per heavy atom. The molecule has 1 atom stereocenters. The van der Waals surface area contributed by atoms with Crippen molar-refractivity contribution in [2.45, 2.75) is 59.0 Å². The summed E-state index contributed by atoms with van der Waals surface area (Å²) in [6, 6.07) is -0.135. The molecule has 1 aliphatic heterocycles. The standard InChI is InChI=1S/C18H26N4O2S/c1-10(2)14(19)15-20-12(9-25-15)16(23)22-7-6-13-11(8-22)21-17(24-13)18(3,4)5/h9-10,14H,6-8,19H2,1-5H3/t14-/m0/s1. The quantitative estimate of drug-likeness (QED) is 0.905. The highest BCUT2D eigenvalue weighted by Gasteiger charge is 2.30. The molecule has 3 rings (SSSR count). The second kappa shape index (κ2) is 6.53. The Balaban J connectivity index is 1.75. The van der Waals surface area contributed by atoms with Crippen molar-refractivity contribution in [3.63, 3.8) is 0 Å². The molecule has 0 aromatic carbocycles. The monoisotopic (exact) mass is 362 g/mol. The van der Waals surface area contributed by atoms with Gasteiger partial charge in [-0.25, -0.2) is 9.97 Å². The number of hydrogen-bond acceptors (Lipinski definition) is 6. The van der Waals surface area contributed by atoms with Crippen LogP contribution < -0.4 is 5.73 Å². The first-order chi connectivity index (χ1) is 11.7. The van der Waals surface area contributed by atoms with Crippen LogP contribution in [0, 0.1) is 5.92 Å². The van der Waals surface area contributed by atoms with Crippen molar-refractivity contribution >= 4 is 17.2 Å². The molecule has 1 aliphatic rings. The van der Waals surface area contributed by atoms with Gasteiger partial charge in [0.1, 0.15) is 22.2 Å². The minimum absolute atomic E-state index is 0.0654. The number of amides is 1. The SMILES string of the molecule is CC(C)[C@H](N)c1nc(C(=O)N2CCc3oc(C(C)(C)C)nc3C2)cs1. The zero-order valence-corrected chi connectivity index (χ0v) is 16.3. The number of rotatable bonds is 3. The fraction of sp³-hybridized carbons (Fsp3) is 0.611. The van der Waals surface area contributed by atoms with E-state index in [1.807, 2.05) is 0 Å². The van der Waals surface area contributed by atoms with Crippen LogP contribution in [0.4, 0.5) is 0 Å². The summed E-state index contributed by atoms with van der Waals surface area (Å²) in [6.45, 7) is 11.4. The third kappa shape index (κ3) is 3.62. The summed E-state index contributed by atoms with van der Waals surface area (Å²) < 4.78 is 5.89. The fourth-order valence-corrected chi connectivity index (χ4v) is 3.65. The number of aromatic nitrogens is 2.